The van der Waals surface area contributed by atoms with E-state index in [1.165, 1.54) is 0 Å². The van der Waals surface area contributed by atoms with Crippen LogP contribution in [-0.4, -0.2) is 9.97 Å². The molecule has 3 nitrogen and oxygen atoms in total. The van der Waals surface area contributed by atoms with Crippen molar-refractivity contribution in [2.24, 2.45) is 5.73 Å². The monoisotopic (exact) mass is 189 g/mol. The van der Waals surface area contributed by atoms with Gasteiger partial charge in [-0.2, -0.15) is 8.78 Å². The fourth-order valence-electron chi connectivity index (χ4n) is 1.13. The molecule has 74 valence electrons. The van der Waals surface area contributed by atoms with Crippen LogP contribution in [0.15, 0.2) is 0 Å². The lowest BCUT2D eigenvalue weighted by Gasteiger charge is -2.06. The predicted octanol–water partition coefficient (Wildman–Crippen LogP) is 1.85. The Kier molecular flexibility index (Phi) is 2.38. The number of aromatic amines is 1. The molecule has 1 heterocycles. The molecule has 0 fully saturated rings. The van der Waals surface area contributed by atoms with Crippen LogP contribution >= 0.6 is 0 Å². The molecule has 3 N–H and O–H groups in total. The van der Waals surface area contributed by atoms with E-state index in [9.17, 15) is 8.78 Å². The van der Waals surface area contributed by atoms with Gasteiger partial charge in [0, 0.05) is 12.6 Å². The van der Waals surface area contributed by atoms with E-state index in [0.29, 0.717) is 11.5 Å². The molecule has 0 bridgehead atoms. The van der Waals surface area contributed by atoms with Crippen molar-refractivity contribution in [1.29, 1.82) is 0 Å². The van der Waals surface area contributed by atoms with Gasteiger partial charge in [-0.25, -0.2) is 4.98 Å². The Hall–Kier alpha value is -0.970. The van der Waals surface area contributed by atoms with Gasteiger partial charge in [0.15, 0.2) is 0 Å². The van der Waals surface area contributed by atoms with Gasteiger partial charge in [-0.15, -0.1) is 0 Å². The smallest absolute Gasteiger partial charge is 0.288 e. The lowest BCUT2D eigenvalue weighted by atomic mass is 10.2. The number of rotatable bonds is 2. The predicted molar refractivity (Wildman–Crippen MR) is 45.5 cm³/mol. The molecule has 0 radical (unpaired) electrons. The van der Waals surface area contributed by atoms with Crippen molar-refractivity contribution in [3.05, 3.63) is 17.2 Å². The van der Waals surface area contributed by atoms with Gasteiger partial charge in [0.25, 0.3) is 5.92 Å². The molecule has 1 atom stereocenters. The molecule has 5 heteroatoms. The summed E-state index contributed by atoms with van der Waals surface area (Å²) in [6.07, 6.45) is 0. The third kappa shape index (κ3) is 2.03. The molecule has 0 aliphatic rings. The molecule has 1 aromatic heterocycles. The molecule has 0 spiro atoms. The van der Waals surface area contributed by atoms with Gasteiger partial charge >= 0.3 is 0 Å². The van der Waals surface area contributed by atoms with Gasteiger partial charge < -0.3 is 10.7 Å². The highest BCUT2D eigenvalue weighted by atomic mass is 19.3. The second kappa shape index (κ2) is 3.06. The van der Waals surface area contributed by atoms with Crippen LogP contribution < -0.4 is 5.73 Å². The highest BCUT2D eigenvalue weighted by molar-refractivity contribution is 5.18. The van der Waals surface area contributed by atoms with Gasteiger partial charge in [0.2, 0.25) is 0 Å². The molecule has 0 aliphatic heterocycles. The highest BCUT2D eigenvalue weighted by Crippen LogP contribution is 2.28. The molecule has 0 amide bonds. The average molecular weight is 189 g/mol. The van der Waals surface area contributed by atoms with E-state index in [0.717, 1.165) is 6.92 Å². The van der Waals surface area contributed by atoms with Crippen LogP contribution in [0.25, 0.3) is 0 Å². The van der Waals surface area contributed by atoms with Crippen LogP contribution in [-0.2, 0) is 5.92 Å². The maximum atomic E-state index is 12.9. The number of aromatic nitrogens is 2. The molecule has 1 rings (SSSR count). The van der Waals surface area contributed by atoms with E-state index in [2.05, 4.69) is 9.97 Å². The van der Waals surface area contributed by atoms with E-state index in [1.54, 1.807) is 13.8 Å². The Bertz CT molecular complexity index is 299. The maximum Gasteiger partial charge on any atom is 0.288 e. The number of imidazole rings is 1. The third-order valence-corrected chi connectivity index (χ3v) is 1.75. The van der Waals surface area contributed by atoms with Gasteiger partial charge in [-0.1, -0.05) is 0 Å². The summed E-state index contributed by atoms with van der Waals surface area (Å²) < 4.78 is 25.7. The lowest BCUT2D eigenvalue weighted by molar-refractivity contribution is 0.0124. The molecular weight excluding hydrogens is 176 g/mol. The van der Waals surface area contributed by atoms with E-state index in [1.807, 2.05) is 0 Å². The third-order valence-electron chi connectivity index (χ3n) is 1.75. The minimum absolute atomic E-state index is 0.222. The maximum absolute atomic E-state index is 12.9. The molecule has 0 saturated heterocycles. The summed E-state index contributed by atoms with van der Waals surface area (Å²) in [4.78, 5) is 6.48. The highest BCUT2D eigenvalue weighted by Gasteiger charge is 2.30. The van der Waals surface area contributed by atoms with E-state index < -0.39 is 5.92 Å². The van der Waals surface area contributed by atoms with Crippen molar-refractivity contribution < 1.29 is 8.78 Å². The average Bonchev–Trinajstić information content (AvgIpc) is 2.29. The Morgan fingerprint density at radius 3 is 2.31 bits per heavy atom. The molecule has 13 heavy (non-hydrogen) atoms. The Morgan fingerprint density at radius 1 is 1.54 bits per heavy atom. The summed E-state index contributed by atoms with van der Waals surface area (Å²) in [5, 5.41) is 0. The topological polar surface area (TPSA) is 54.7 Å². The number of halogens is 2. The molecular formula is C8H13F2N3. The fourth-order valence-corrected chi connectivity index (χ4v) is 1.13. The first-order valence-corrected chi connectivity index (χ1v) is 4.02. The summed E-state index contributed by atoms with van der Waals surface area (Å²) >= 11 is 0. The van der Waals surface area contributed by atoms with Crippen molar-refractivity contribution in [2.75, 3.05) is 0 Å². The van der Waals surface area contributed by atoms with Gasteiger partial charge in [0.05, 0.1) is 6.04 Å². The van der Waals surface area contributed by atoms with E-state index in [4.69, 9.17) is 5.73 Å². The van der Waals surface area contributed by atoms with Gasteiger partial charge in [-0.05, 0) is 13.8 Å². The molecule has 1 unspecified atom stereocenters. The minimum atomic E-state index is -2.91. The zero-order chi connectivity index (χ0) is 10.2. The summed E-state index contributed by atoms with van der Waals surface area (Å²) in [6.45, 7) is 4.07. The summed E-state index contributed by atoms with van der Waals surface area (Å²) in [6, 6.07) is -0.352. The van der Waals surface area contributed by atoms with E-state index >= 15 is 0 Å². The molecule has 0 aromatic carbocycles. The van der Waals surface area contributed by atoms with Crippen molar-refractivity contribution in [1.82, 2.24) is 9.97 Å². The lowest BCUT2D eigenvalue weighted by Crippen LogP contribution is -2.11. The number of nitrogens with one attached hydrogen (secondary N) is 1. The van der Waals surface area contributed by atoms with Crippen molar-refractivity contribution in [3.63, 3.8) is 0 Å². The minimum Gasteiger partial charge on any atom is -0.344 e. The van der Waals surface area contributed by atoms with Crippen LogP contribution in [0.5, 0.6) is 0 Å². The quantitative estimate of drug-likeness (QED) is 0.745. The van der Waals surface area contributed by atoms with Crippen LogP contribution in [0, 0.1) is 6.92 Å². The number of hydrogen-bond acceptors (Lipinski definition) is 2. The Balaban J connectivity index is 3.11. The summed E-state index contributed by atoms with van der Waals surface area (Å²) in [5.41, 5.74) is 5.65. The van der Waals surface area contributed by atoms with Gasteiger partial charge in [0.1, 0.15) is 11.5 Å². The standard InChI is InChI=1S/C8H13F2N3/c1-4(11)7-12-5(2)6(13-7)8(3,9)10/h4H,11H2,1-3H3,(H,12,13). The largest absolute Gasteiger partial charge is 0.344 e. The second-order valence-corrected chi connectivity index (χ2v) is 3.27. The SMILES string of the molecule is Cc1[nH]c(C(C)N)nc1C(C)(F)F. The van der Waals surface area contributed by atoms with Crippen molar-refractivity contribution >= 4 is 0 Å². The first kappa shape index (κ1) is 10.1. The zero-order valence-corrected chi connectivity index (χ0v) is 7.86. The Morgan fingerprint density at radius 2 is 2.08 bits per heavy atom. The summed E-state index contributed by atoms with van der Waals surface area (Å²) in [5.74, 6) is -2.51. The van der Waals surface area contributed by atoms with Crippen LogP contribution in [0.2, 0.25) is 0 Å². The molecule has 1 aromatic rings. The van der Waals surface area contributed by atoms with Crippen LogP contribution in [0.3, 0.4) is 0 Å². The number of nitrogens with two attached hydrogens (primary N) is 1. The van der Waals surface area contributed by atoms with Crippen molar-refractivity contribution in [2.45, 2.75) is 32.7 Å². The van der Waals surface area contributed by atoms with Gasteiger partial charge in [-0.3, -0.25) is 0 Å². The molecule has 0 saturated carbocycles. The first-order valence-electron chi connectivity index (χ1n) is 4.02. The number of hydrogen-bond donors (Lipinski definition) is 2. The normalized spacial score (nSPS) is 14.6. The van der Waals surface area contributed by atoms with E-state index in [-0.39, 0.29) is 11.7 Å². The number of alkyl halides is 2. The molecule has 0 aliphatic carbocycles. The number of H-pyrrole nitrogens is 1. The first-order chi connectivity index (χ1) is 5.82. The van der Waals surface area contributed by atoms with Crippen LogP contribution in [0.4, 0.5) is 8.78 Å². The Labute approximate surface area is 75.4 Å². The van der Waals surface area contributed by atoms with Crippen LogP contribution in [0.1, 0.15) is 37.1 Å². The number of nitrogens with zero attached hydrogens (tertiary/aromatic N) is 1. The second-order valence-electron chi connectivity index (χ2n) is 3.27. The zero-order valence-electron chi connectivity index (χ0n) is 7.86. The fraction of sp³-hybridized carbons (Fsp3) is 0.625. The number of aryl methyl sites for hydroxylation is 1. The summed E-state index contributed by atoms with van der Waals surface area (Å²) in [7, 11) is 0. The van der Waals surface area contributed by atoms with Crippen molar-refractivity contribution in [3.8, 4) is 0 Å².